The van der Waals surface area contributed by atoms with Crippen molar-refractivity contribution in [3.63, 3.8) is 0 Å². The van der Waals surface area contributed by atoms with Crippen LogP contribution in [0.1, 0.15) is 49.2 Å². The summed E-state index contributed by atoms with van der Waals surface area (Å²) in [6, 6.07) is 19.3. The lowest BCUT2D eigenvalue weighted by Gasteiger charge is -2.45. The SMILES string of the molecule is CC(C)COc1ccc(N2CCN(C[C@@](C)(O)c3ccnc(CO)c3)C[C@H]2c2ccc(Cl)cc2)c(C#N)c1. The van der Waals surface area contributed by atoms with Gasteiger partial charge in [0.25, 0.3) is 0 Å². The Balaban J connectivity index is 1.61. The van der Waals surface area contributed by atoms with Crippen LogP contribution in [-0.4, -0.2) is 52.9 Å². The van der Waals surface area contributed by atoms with Crippen molar-refractivity contribution in [1.29, 1.82) is 5.26 Å². The van der Waals surface area contributed by atoms with Crippen LogP contribution in [0.25, 0.3) is 0 Å². The molecule has 0 bridgehead atoms. The van der Waals surface area contributed by atoms with Crippen LogP contribution < -0.4 is 9.64 Å². The van der Waals surface area contributed by atoms with Gasteiger partial charge in [0.05, 0.1) is 41.8 Å². The van der Waals surface area contributed by atoms with Crippen molar-refractivity contribution in [3.8, 4) is 11.8 Å². The quantitative estimate of drug-likeness (QED) is 0.403. The minimum atomic E-state index is -1.13. The van der Waals surface area contributed by atoms with Crippen LogP contribution in [0.2, 0.25) is 5.02 Å². The van der Waals surface area contributed by atoms with E-state index >= 15 is 0 Å². The number of β-amino-alcohol motifs (C(OH)–C–C–N with tert-alkyl or cyclic N) is 1. The first kappa shape index (κ1) is 27.9. The number of halogens is 1. The Morgan fingerprint density at radius 2 is 1.92 bits per heavy atom. The molecular formula is C30H35ClN4O3. The summed E-state index contributed by atoms with van der Waals surface area (Å²) in [7, 11) is 0. The van der Waals surface area contributed by atoms with E-state index in [1.165, 1.54) is 0 Å². The number of aliphatic hydroxyl groups excluding tert-OH is 1. The Kier molecular flexibility index (Phi) is 8.91. The minimum Gasteiger partial charge on any atom is -0.493 e. The van der Waals surface area contributed by atoms with Gasteiger partial charge in [0.2, 0.25) is 0 Å². The molecule has 0 amide bonds. The van der Waals surface area contributed by atoms with Crippen LogP contribution in [0, 0.1) is 17.2 Å². The van der Waals surface area contributed by atoms with E-state index in [2.05, 4.69) is 34.7 Å². The number of hydrogen-bond acceptors (Lipinski definition) is 7. The molecule has 2 aromatic carbocycles. The fourth-order valence-corrected chi connectivity index (χ4v) is 5.00. The lowest BCUT2D eigenvalue weighted by Crippen LogP contribution is -2.52. The molecule has 0 spiro atoms. The average Bonchev–Trinajstić information content (AvgIpc) is 2.92. The summed E-state index contributed by atoms with van der Waals surface area (Å²) in [6.07, 6.45) is 1.61. The predicted octanol–water partition coefficient (Wildman–Crippen LogP) is 4.90. The number of nitrogens with zero attached hydrogens (tertiary/aromatic N) is 4. The van der Waals surface area contributed by atoms with E-state index in [1.807, 2.05) is 42.5 Å². The third-order valence-corrected chi connectivity index (χ3v) is 7.08. The summed E-state index contributed by atoms with van der Waals surface area (Å²) in [6.45, 7) is 8.81. The Labute approximate surface area is 229 Å². The molecule has 1 aromatic heterocycles. The molecule has 3 aromatic rings. The van der Waals surface area contributed by atoms with Gasteiger partial charge in [-0.05, 0) is 66.4 Å². The molecule has 200 valence electrons. The van der Waals surface area contributed by atoms with Crippen LogP contribution in [0.15, 0.2) is 60.8 Å². The first-order valence-corrected chi connectivity index (χ1v) is 13.3. The van der Waals surface area contributed by atoms with Crippen molar-refractivity contribution in [2.45, 2.75) is 39.0 Å². The summed E-state index contributed by atoms with van der Waals surface area (Å²) in [5.74, 6) is 1.08. The number of ether oxygens (including phenoxy) is 1. The van der Waals surface area contributed by atoms with Crippen molar-refractivity contribution in [3.05, 3.63) is 88.2 Å². The van der Waals surface area contributed by atoms with Gasteiger partial charge < -0.3 is 19.8 Å². The van der Waals surface area contributed by atoms with Gasteiger partial charge in [0.15, 0.2) is 0 Å². The van der Waals surface area contributed by atoms with Gasteiger partial charge in [-0.15, -0.1) is 0 Å². The molecular weight excluding hydrogens is 500 g/mol. The minimum absolute atomic E-state index is 0.0585. The maximum atomic E-state index is 11.4. The standard InChI is InChI=1S/C30H35ClN4O3/c1-21(2)19-38-27-8-9-28(23(14-27)16-32)35-13-12-34(17-29(35)22-4-6-25(31)7-5-22)20-30(3,37)24-10-11-33-26(15-24)18-36/h4-11,14-15,21,29,36-37H,12-13,17-20H2,1-3H3/t29-,30+/m0/s1. The van der Waals surface area contributed by atoms with Gasteiger partial charge in [-0.3, -0.25) is 9.88 Å². The summed E-state index contributed by atoms with van der Waals surface area (Å²) in [5, 5.41) is 31.5. The highest BCUT2D eigenvalue weighted by atomic mass is 35.5. The molecule has 0 aliphatic carbocycles. The highest BCUT2D eigenvalue weighted by Gasteiger charge is 2.34. The molecule has 4 rings (SSSR count). The van der Waals surface area contributed by atoms with Crippen LogP contribution in [0.3, 0.4) is 0 Å². The van der Waals surface area contributed by atoms with Crippen molar-refractivity contribution in [2.75, 3.05) is 37.7 Å². The molecule has 1 fully saturated rings. The molecule has 1 aliphatic rings. The predicted molar refractivity (Wildman–Crippen MR) is 149 cm³/mol. The largest absolute Gasteiger partial charge is 0.493 e. The number of anilines is 1. The lowest BCUT2D eigenvalue weighted by molar-refractivity contribution is 0.0101. The molecule has 8 heteroatoms. The smallest absolute Gasteiger partial charge is 0.120 e. The molecule has 2 N–H and O–H groups in total. The van der Waals surface area contributed by atoms with Crippen LogP contribution >= 0.6 is 11.6 Å². The van der Waals surface area contributed by atoms with E-state index in [-0.39, 0.29) is 12.6 Å². The van der Waals surface area contributed by atoms with Gasteiger partial charge in [0.1, 0.15) is 11.8 Å². The molecule has 0 unspecified atom stereocenters. The number of rotatable bonds is 9. The first-order valence-electron chi connectivity index (χ1n) is 12.9. The molecule has 38 heavy (non-hydrogen) atoms. The number of benzene rings is 2. The summed E-state index contributed by atoms with van der Waals surface area (Å²) in [5.41, 5.74) is 2.61. The van der Waals surface area contributed by atoms with Crippen molar-refractivity contribution < 1.29 is 14.9 Å². The van der Waals surface area contributed by atoms with Gasteiger partial charge in [-0.1, -0.05) is 37.6 Å². The first-order chi connectivity index (χ1) is 18.2. The number of hydrogen-bond donors (Lipinski definition) is 2. The Morgan fingerprint density at radius 1 is 1.16 bits per heavy atom. The zero-order chi connectivity index (χ0) is 27.3. The molecule has 1 aliphatic heterocycles. The maximum absolute atomic E-state index is 11.4. The molecule has 2 atom stereocenters. The van der Waals surface area contributed by atoms with E-state index in [0.29, 0.717) is 66.3 Å². The van der Waals surface area contributed by atoms with Crippen LogP contribution in [0.4, 0.5) is 5.69 Å². The number of aromatic nitrogens is 1. The Hall–Kier alpha value is -3.15. The molecule has 0 saturated carbocycles. The number of nitriles is 1. The average molecular weight is 535 g/mol. The second-order valence-electron chi connectivity index (χ2n) is 10.5. The summed E-state index contributed by atoms with van der Waals surface area (Å²) >= 11 is 6.19. The molecule has 2 heterocycles. The Bertz CT molecular complexity index is 1270. The van der Waals surface area contributed by atoms with E-state index in [4.69, 9.17) is 16.3 Å². The Morgan fingerprint density at radius 3 is 2.61 bits per heavy atom. The van der Waals surface area contributed by atoms with E-state index in [9.17, 15) is 15.5 Å². The fraction of sp³-hybridized carbons (Fsp3) is 0.400. The monoisotopic (exact) mass is 534 g/mol. The number of aliphatic hydroxyl groups is 2. The molecule has 1 saturated heterocycles. The topological polar surface area (TPSA) is 92.8 Å². The second kappa shape index (κ2) is 12.1. The van der Waals surface area contributed by atoms with Crippen molar-refractivity contribution in [1.82, 2.24) is 9.88 Å². The number of pyridine rings is 1. The third kappa shape index (κ3) is 6.64. The summed E-state index contributed by atoms with van der Waals surface area (Å²) < 4.78 is 5.87. The van der Waals surface area contributed by atoms with E-state index in [0.717, 1.165) is 11.3 Å². The van der Waals surface area contributed by atoms with Gasteiger partial charge in [-0.2, -0.15) is 5.26 Å². The van der Waals surface area contributed by atoms with Crippen LogP contribution in [-0.2, 0) is 12.2 Å². The van der Waals surface area contributed by atoms with Crippen LogP contribution in [0.5, 0.6) is 5.75 Å². The van der Waals surface area contributed by atoms with Crippen molar-refractivity contribution >= 4 is 17.3 Å². The molecule has 0 radical (unpaired) electrons. The number of piperazine rings is 1. The fourth-order valence-electron chi connectivity index (χ4n) is 4.88. The zero-order valence-corrected chi connectivity index (χ0v) is 22.9. The van der Waals surface area contributed by atoms with Crippen molar-refractivity contribution in [2.24, 2.45) is 5.92 Å². The zero-order valence-electron chi connectivity index (χ0n) is 22.1. The maximum Gasteiger partial charge on any atom is 0.120 e. The lowest BCUT2D eigenvalue weighted by atomic mass is 9.93. The second-order valence-corrected chi connectivity index (χ2v) is 10.9. The van der Waals surface area contributed by atoms with Gasteiger partial charge in [0, 0.05) is 37.4 Å². The summed E-state index contributed by atoms with van der Waals surface area (Å²) in [4.78, 5) is 8.63. The highest BCUT2D eigenvalue weighted by Crippen LogP contribution is 2.36. The van der Waals surface area contributed by atoms with E-state index < -0.39 is 5.60 Å². The normalized spacial score (nSPS) is 17.7. The van der Waals surface area contributed by atoms with E-state index in [1.54, 1.807) is 25.3 Å². The van der Waals surface area contributed by atoms with Gasteiger partial charge in [-0.25, -0.2) is 0 Å². The highest BCUT2D eigenvalue weighted by molar-refractivity contribution is 6.30. The third-order valence-electron chi connectivity index (χ3n) is 6.83. The molecule has 7 nitrogen and oxygen atoms in total. The van der Waals surface area contributed by atoms with Gasteiger partial charge >= 0.3 is 0 Å².